The second-order valence-electron chi connectivity index (χ2n) is 7.82. The van der Waals surface area contributed by atoms with Crippen molar-refractivity contribution < 1.29 is 4.74 Å². The van der Waals surface area contributed by atoms with E-state index in [-0.39, 0.29) is 16.5 Å². The number of likely N-dealkylation sites (N-methyl/N-ethyl adjacent to an activating group) is 1. The first-order valence-corrected chi connectivity index (χ1v) is 7.78. The molecule has 0 aromatic heterocycles. The fourth-order valence-electron chi connectivity index (χ4n) is 3.86. The van der Waals surface area contributed by atoms with E-state index in [2.05, 4.69) is 46.6 Å². The van der Waals surface area contributed by atoms with Crippen molar-refractivity contribution in [3.63, 3.8) is 0 Å². The molecule has 3 nitrogen and oxygen atoms in total. The van der Waals surface area contributed by atoms with Crippen LogP contribution in [0, 0.1) is 11.3 Å². The molecule has 1 aliphatic heterocycles. The maximum Gasteiger partial charge on any atom is 0.0690 e. The standard InChI is InChI=1S/C16H32N2O/c1-7-14(2,3)18(6)11-16(17)12-9-8-10-19-13(12)15(16,4)5/h12-13H,7-11,17H2,1-6H3. The molecule has 1 aliphatic carbocycles. The Labute approximate surface area is 118 Å². The Hall–Kier alpha value is -0.120. The molecule has 19 heavy (non-hydrogen) atoms. The maximum absolute atomic E-state index is 6.87. The van der Waals surface area contributed by atoms with E-state index >= 15 is 0 Å². The number of ether oxygens (including phenoxy) is 1. The Bertz CT molecular complexity index is 340. The van der Waals surface area contributed by atoms with Crippen LogP contribution in [0.15, 0.2) is 0 Å². The highest BCUT2D eigenvalue weighted by atomic mass is 16.5. The van der Waals surface area contributed by atoms with Gasteiger partial charge in [0.05, 0.1) is 6.10 Å². The highest BCUT2D eigenvalue weighted by Gasteiger charge is 2.66. The van der Waals surface area contributed by atoms with E-state index in [0.717, 1.165) is 26.0 Å². The average Bonchev–Trinajstić information content (AvgIpc) is 2.38. The molecule has 1 saturated heterocycles. The molecular formula is C16H32N2O. The molecule has 3 atom stereocenters. The van der Waals surface area contributed by atoms with Gasteiger partial charge in [-0.15, -0.1) is 0 Å². The van der Waals surface area contributed by atoms with Crippen molar-refractivity contribution in [3.05, 3.63) is 0 Å². The van der Waals surface area contributed by atoms with Crippen LogP contribution in [0.4, 0.5) is 0 Å². The van der Waals surface area contributed by atoms with Crippen LogP contribution in [0.1, 0.15) is 53.9 Å². The molecular weight excluding hydrogens is 236 g/mol. The normalized spacial score (nSPS) is 37.9. The van der Waals surface area contributed by atoms with E-state index in [1.54, 1.807) is 0 Å². The van der Waals surface area contributed by atoms with Crippen LogP contribution in [0.3, 0.4) is 0 Å². The van der Waals surface area contributed by atoms with Gasteiger partial charge in [-0.25, -0.2) is 0 Å². The van der Waals surface area contributed by atoms with Crippen molar-refractivity contribution in [2.45, 2.75) is 71.1 Å². The minimum Gasteiger partial charge on any atom is -0.377 e. The Morgan fingerprint density at radius 1 is 1.37 bits per heavy atom. The molecule has 0 spiro atoms. The summed E-state index contributed by atoms with van der Waals surface area (Å²) in [7, 11) is 2.21. The lowest BCUT2D eigenvalue weighted by Crippen LogP contribution is -2.80. The Kier molecular flexibility index (Phi) is 3.79. The largest absolute Gasteiger partial charge is 0.377 e. The Balaban J connectivity index is 2.14. The van der Waals surface area contributed by atoms with E-state index < -0.39 is 0 Å². The summed E-state index contributed by atoms with van der Waals surface area (Å²) in [6, 6.07) is 0. The van der Waals surface area contributed by atoms with Crippen molar-refractivity contribution >= 4 is 0 Å². The van der Waals surface area contributed by atoms with E-state index in [1.807, 2.05) is 0 Å². The minimum atomic E-state index is -0.112. The van der Waals surface area contributed by atoms with E-state index in [0.29, 0.717) is 12.0 Å². The van der Waals surface area contributed by atoms with Crippen LogP contribution in [-0.4, -0.2) is 42.3 Å². The lowest BCUT2D eigenvalue weighted by molar-refractivity contribution is -0.233. The summed E-state index contributed by atoms with van der Waals surface area (Å²) >= 11 is 0. The molecule has 2 fully saturated rings. The summed E-state index contributed by atoms with van der Waals surface area (Å²) in [5.41, 5.74) is 7.04. The van der Waals surface area contributed by atoms with Gasteiger partial charge in [0.25, 0.3) is 0 Å². The lowest BCUT2D eigenvalue weighted by atomic mass is 9.46. The minimum absolute atomic E-state index is 0.0795. The smallest absolute Gasteiger partial charge is 0.0690 e. The van der Waals surface area contributed by atoms with Gasteiger partial charge in [0, 0.05) is 35.6 Å². The molecule has 1 heterocycles. The van der Waals surface area contributed by atoms with E-state index in [1.165, 1.54) is 6.42 Å². The third-order valence-electron chi connectivity index (χ3n) is 6.29. The molecule has 3 unspecified atom stereocenters. The SMILES string of the molecule is CCC(C)(C)N(C)CC1(N)C2CCCOC2C1(C)C. The van der Waals surface area contributed by atoms with Crippen LogP contribution in [0.5, 0.6) is 0 Å². The molecule has 2 aliphatic rings. The van der Waals surface area contributed by atoms with Gasteiger partial charge in [-0.2, -0.15) is 0 Å². The average molecular weight is 268 g/mol. The molecule has 0 aromatic rings. The first-order valence-electron chi connectivity index (χ1n) is 7.78. The van der Waals surface area contributed by atoms with Crippen LogP contribution in [-0.2, 0) is 4.74 Å². The summed E-state index contributed by atoms with van der Waals surface area (Å²) in [5, 5.41) is 0. The van der Waals surface area contributed by atoms with Crippen molar-refractivity contribution in [2.24, 2.45) is 17.1 Å². The lowest BCUT2D eigenvalue weighted by Gasteiger charge is -2.68. The van der Waals surface area contributed by atoms with Gasteiger partial charge in [0.2, 0.25) is 0 Å². The number of hydrogen-bond acceptors (Lipinski definition) is 3. The maximum atomic E-state index is 6.87. The van der Waals surface area contributed by atoms with Gasteiger partial charge in [-0.05, 0) is 40.2 Å². The van der Waals surface area contributed by atoms with Crippen LogP contribution >= 0.6 is 0 Å². The van der Waals surface area contributed by atoms with Gasteiger partial charge in [0.15, 0.2) is 0 Å². The Morgan fingerprint density at radius 3 is 2.58 bits per heavy atom. The number of nitrogens with two attached hydrogens (primary N) is 1. The first-order chi connectivity index (χ1) is 8.67. The van der Waals surface area contributed by atoms with Gasteiger partial charge in [-0.1, -0.05) is 20.8 Å². The fraction of sp³-hybridized carbons (Fsp3) is 1.00. The van der Waals surface area contributed by atoms with E-state index in [9.17, 15) is 0 Å². The van der Waals surface area contributed by atoms with Crippen LogP contribution < -0.4 is 5.73 Å². The second kappa shape index (κ2) is 4.71. The van der Waals surface area contributed by atoms with Crippen molar-refractivity contribution in [3.8, 4) is 0 Å². The van der Waals surface area contributed by atoms with Gasteiger partial charge in [-0.3, -0.25) is 4.90 Å². The van der Waals surface area contributed by atoms with Gasteiger partial charge < -0.3 is 10.5 Å². The van der Waals surface area contributed by atoms with Crippen LogP contribution in [0.2, 0.25) is 0 Å². The highest BCUT2D eigenvalue weighted by Crippen LogP contribution is 2.57. The summed E-state index contributed by atoms with van der Waals surface area (Å²) in [5.74, 6) is 0.534. The number of hydrogen-bond donors (Lipinski definition) is 1. The number of rotatable bonds is 4. The van der Waals surface area contributed by atoms with Gasteiger partial charge in [0.1, 0.15) is 0 Å². The van der Waals surface area contributed by atoms with Gasteiger partial charge >= 0.3 is 0 Å². The summed E-state index contributed by atoms with van der Waals surface area (Å²) in [4.78, 5) is 2.44. The summed E-state index contributed by atoms with van der Waals surface area (Å²) in [6.45, 7) is 13.3. The monoisotopic (exact) mass is 268 g/mol. The zero-order valence-corrected chi connectivity index (χ0v) is 13.6. The molecule has 0 amide bonds. The fourth-order valence-corrected chi connectivity index (χ4v) is 3.86. The van der Waals surface area contributed by atoms with Crippen LogP contribution in [0.25, 0.3) is 0 Å². The molecule has 3 heteroatoms. The van der Waals surface area contributed by atoms with Crippen molar-refractivity contribution in [1.29, 1.82) is 0 Å². The summed E-state index contributed by atoms with van der Waals surface area (Å²) in [6.07, 6.45) is 3.90. The van der Waals surface area contributed by atoms with Crippen molar-refractivity contribution in [2.75, 3.05) is 20.2 Å². The molecule has 2 rings (SSSR count). The number of fused-ring (bicyclic) bond motifs is 1. The topological polar surface area (TPSA) is 38.5 Å². The Morgan fingerprint density at radius 2 is 2.00 bits per heavy atom. The third-order valence-corrected chi connectivity index (χ3v) is 6.29. The molecule has 112 valence electrons. The zero-order chi connectivity index (χ0) is 14.5. The van der Waals surface area contributed by atoms with Crippen molar-refractivity contribution in [1.82, 2.24) is 4.90 Å². The first kappa shape index (κ1) is 15.3. The highest BCUT2D eigenvalue weighted by molar-refractivity contribution is 5.21. The second-order valence-corrected chi connectivity index (χ2v) is 7.82. The zero-order valence-electron chi connectivity index (χ0n) is 13.6. The molecule has 0 radical (unpaired) electrons. The molecule has 2 N–H and O–H groups in total. The molecule has 0 aromatic carbocycles. The quantitative estimate of drug-likeness (QED) is 0.852. The number of nitrogens with zero attached hydrogens (tertiary/aromatic N) is 1. The predicted octanol–water partition coefficient (Wildman–Crippen LogP) is 2.64. The predicted molar refractivity (Wildman–Crippen MR) is 80.2 cm³/mol. The third kappa shape index (κ3) is 2.14. The molecule has 0 bridgehead atoms. The molecule has 1 saturated carbocycles. The summed E-state index contributed by atoms with van der Waals surface area (Å²) < 4.78 is 5.98. The van der Waals surface area contributed by atoms with E-state index in [4.69, 9.17) is 10.5 Å².